The number of rotatable bonds is 4. The first-order chi connectivity index (χ1) is 8.25. The van der Waals surface area contributed by atoms with E-state index in [0.717, 1.165) is 12.1 Å². The normalized spacial score (nSPS) is 13.8. The van der Waals surface area contributed by atoms with Gasteiger partial charge in [0, 0.05) is 11.6 Å². The van der Waals surface area contributed by atoms with Gasteiger partial charge >= 0.3 is 6.18 Å². The molecule has 1 aromatic carbocycles. The zero-order valence-electron chi connectivity index (χ0n) is 10.7. The van der Waals surface area contributed by atoms with Gasteiger partial charge in [-0.05, 0) is 24.5 Å². The lowest BCUT2D eigenvalue weighted by Crippen LogP contribution is -2.15. The molecule has 0 unspecified atom stereocenters. The van der Waals surface area contributed by atoms with Crippen molar-refractivity contribution in [1.29, 1.82) is 0 Å². The minimum atomic E-state index is -4.37. The Bertz CT molecular complexity index is 402. The second-order valence-corrected chi connectivity index (χ2v) is 4.69. The Balaban J connectivity index is 3.07. The molecule has 0 spiro atoms. The van der Waals surface area contributed by atoms with Crippen molar-refractivity contribution in [3.05, 3.63) is 29.3 Å². The molecule has 0 radical (unpaired) electrons. The van der Waals surface area contributed by atoms with Crippen molar-refractivity contribution in [3.63, 3.8) is 0 Å². The summed E-state index contributed by atoms with van der Waals surface area (Å²) in [6.45, 7) is 4.02. The van der Waals surface area contributed by atoms with Gasteiger partial charge in [-0.25, -0.2) is 0 Å². The van der Waals surface area contributed by atoms with E-state index in [-0.39, 0.29) is 11.8 Å². The molecule has 18 heavy (non-hydrogen) atoms. The molecule has 0 aliphatic rings. The number of hydrogen-bond acceptors (Lipinski definition) is 2. The predicted molar refractivity (Wildman–Crippen MR) is 64.4 cm³/mol. The van der Waals surface area contributed by atoms with E-state index in [1.165, 1.54) is 13.2 Å². The predicted octanol–water partition coefficient (Wildman–Crippen LogP) is 3.76. The van der Waals surface area contributed by atoms with Gasteiger partial charge in [-0.1, -0.05) is 19.9 Å². The summed E-state index contributed by atoms with van der Waals surface area (Å²) in [7, 11) is 1.35. The molecule has 0 aliphatic heterocycles. The fourth-order valence-electron chi connectivity index (χ4n) is 1.83. The largest absolute Gasteiger partial charge is 0.496 e. The van der Waals surface area contributed by atoms with Crippen LogP contribution in [0, 0.1) is 5.92 Å². The van der Waals surface area contributed by atoms with E-state index in [0.29, 0.717) is 17.9 Å². The highest BCUT2D eigenvalue weighted by atomic mass is 19.4. The summed E-state index contributed by atoms with van der Waals surface area (Å²) in [6, 6.07) is 3.12. The second-order valence-electron chi connectivity index (χ2n) is 4.69. The number of methoxy groups -OCH3 is 1. The maximum absolute atomic E-state index is 12.6. The molecule has 2 nitrogen and oxygen atoms in total. The highest BCUT2D eigenvalue weighted by molar-refractivity contribution is 5.40. The highest BCUT2D eigenvalue weighted by Gasteiger charge is 2.31. The van der Waals surface area contributed by atoms with Crippen LogP contribution in [0.15, 0.2) is 18.2 Å². The number of nitrogens with two attached hydrogens (primary N) is 1. The maximum atomic E-state index is 12.6. The van der Waals surface area contributed by atoms with Gasteiger partial charge < -0.3 is 10.5 Å². The molecule has 102 valence electrons. The quantitative estimate of drug-likeness (QED) is 0.895. The van der Waals surface area contributed by atoms with E-state index >= 15 is 0 Å². The summed E-state index contributed by atoms with van der Waals surface area (Å²) in [5, 5.41) is 0. The minimum Gasteiger partial charge on any atom is -0.496 e. The molecule has 5 heteroatoms. The van der Waals surface area contributed by atoms with Crippen molar-refractivity contribution in [2.24, 2.45) is 11.7 Å². The average molecular weight is 261 g/mol. The van der Waals surface area contributed by atoms with Gasteiger partial charge in [0.15, 0.2) is 0 Å². The maximum Gasteiger partial charge on any atom is 0.416 e. The van der Waals surface area contributed by atoms with E-state index in [4.69, 9.17) is 10.5 Å². The SMILES string of the molecule is COc1cc(C(F)(F)F)ccc1[C@@H](N)CC(C)C. The van der Waals surface area contributed by atoms with Crippen LogP contribution < -0.4 is 10.5 Å². The second kappa shape index (κ2) is 5.61. The number of ether oxygens (including phenoxy) is 1. The first kappa shape index (κ1) is 14.8. The van der Waals surface area contributed by atoms with E-state index in [1.54, 1.807) is 0 Å². The Morgan fingerprint density at radius 2 is 1.89 bits per heavy atom. The van der Waals surface area contributed by atoms with Gasteiger partial charge in [0.1, 0.15) is 5.75 Å². The lowest BCUT2D eigenvalue weighted by Gasteiger charge is -2.19. The molecular formula is C13H18F3NO. The van der Waals surface area contributed by atoms with Crippen LogP contribution in [0.25, 0.3) is 0 Å². The fourth-order valence-corrected chi connectivity index (χ4v) is 1.83. The summed E-state index contributed by atoms with van der Waals surface area (Å²) in [5.41, 5.74) is 5.86. The van der Waals surface area contributed by atoms with Gasteiger partial charge in [0.05, 0.1) is 12.7 Å². The third-order valence-electron chi connectivity index (χ3n) is 2.69. The molecule has 0 aromatic heterocycles. The Morgan fingerprint density at radius 1 is 1.28 bits per heavy atom. The van der Waals surface area contributed by atoms with Gasteiger partial charge in [-0.2, -0.15) is 13.2 Å². The standard InChI is InChI=1S/C13H18F3NO/c1-8(2)6-11(17)10-5-4-9(13(14,15)16)7-12(10)18-3/h4-5,7-8,11H,6,17H2,1-3H3/t11-/m0/s1. The zero-order chi connectivity index (χ0) is 13.9. The topological polar surface area (TPSA) is 35.2 Å². The van der Waals surface area contributed by atoms with Crippen molar-refractivity contribution in [2.45, 2.75) is 32.5 Å². The summed E-state index contributed by atoms with van der Waals surface area (Å²) in [5.74, 6) is 0.560. The lowest BCUT2D eigenvalue weighted by molar-refractivity contribution is -0.137. The van der Waals surface area contributed by atoms with Crippen molar-refractivity contribution in [3.8, 4) is 5.75 Å². The number of hydrogen-bond donors (Lipinski definition) is 1. The zero-order valence-corrected chi connectivity index (χ0v) is 10.7. The Hall–Kier alpha value is -1.23. The van der Waals surface area contributed by atoms with Gasteiger partial charge in [0.25, 0.3) is 0 Å². The number of benzene rings is 1. The molecule has 2 N–H and O–H groups in total. The van der Waals surface area contributed by atoms with Crippen LogP contribution in [-0.2, 0) is 6.18 Å². The van der Waals surface area contributed by atoms with E-state index < -0.39 is 11.7 Å². The summed E-state index contributed by atoms with van der Waals surface area (Å²) in [6.07, 6.45) is -3.67. The molecular weight excluding hydrogens is 243 g/mol. The van der Waals surface area contributed by atoms with Crippen molar-refractivity contribution in [2.75, 3.05) is 7.11 Å². The van der Waals surface area contributed by atoms with Crippen molar-refractivity contribution < 1.29 is 17.9 Å². The third kappa shape index (κ3) is 3.63. The molecule has 1 aromatic rings. The summed E-state index contributed by atoms with van der Waals surface area (Å²) < 4.78 is 42.7. The van der Waals surface area contributed by atoms with Crippen molar-refractivity contribution in [1.82, 2.24) is 0 Å². The van der Waals surface area contributed by atoms with E-state index in [1.807, 2.05) is 13.8 Å². The van der Waals surface area contributed by atoms with Gasteiger partial charge in [-0.3, -0.25) is 0 Å². The van der Waals surface area contributed by atoms with Crippen LogP contribution in [0.3, 0.4) is 0 Å². The summed E-state index contributed by atoms with van der Waals surface area (Å²) >= 11 is 0. The molecule has 0 fully saturated rings. The molecule has 0 bridgehead atoms. The molecule has 1 atom stereocenters. The van der Waals surface area contributed by atoms with E-state index in [9.17, 15) is 13.2 Å². The average Bonchev–Trinajstić information content (AvgIpc) is 2.26. The minimum absolute atomic E-state index is 0.193. The smallest absolute Gasteiger partial charge is 0.416 e. The summed E-state index contributed by atoms with van der Waals surface area (Å²) in [4.78, 5) is 0. The molecule has 0 saturated heterocycles. The van der Waals surface area contributed by atoms with Crippen LogP contribution >= 0.6 is 0 Å². The third-order valence-corrected chi connectivity index (χ3v) is 2.69. The van der Waals surface area contributed by atoms with Crippen LogP contribution in [0.5, 0.6) is 5.75 Å². The van der Waals surface area contributed by atoms with Gasteiger partial charge in [-0.15, -0.1) is 0 Å². The number of halogens is 3. The van der Waals surface area contributed by atoms with E-state index in [2.05, 4.69) is 0 Å². The Labute approximate surface area is 105 Å². The van der Waals surface area contributed by atoms with Gasteiger partial charge in [0.2, 0.25) is 0 Å². The monoisotopic (exact) mass is 261 g/mol. The molecule has 0 amide bonds. The Morgan fingerprint density at radius 3 is 2.33 bits per heavy atom. The first-order valence-corrected chi connectivity index (χ1v) is 5.76. The van der Waals surface area contributed by atoms with Crippen LogP contribution in [0.2, 0.25) is 0 Å². The molecule has 1 rings (SSSR count). The lowest BCUT2D eigenvalue weighted by atomic mass is 9.96. The van der Waals surface area contributed by atoms with Crippen LogP contribution in [-0.4, -0.2) is 7.11 Å². The molecule has 0 aliphatic carbocycles. The molecule has 0 saturated carbocycles. The highest BCUT2D eigenvalue weighted by Crippen LogP contribution is 2.35. The van der Waals surface area contributed by atoms with Crippen molar-refractivity contribution >= 4 is 0 Å². The Kier molecular flexibility index (Phi) is 4.62. The van der Waals surface area contributed by atoms with Crippen LogP contribution in [0.1, 0.15) is 37.4 Å². The number of alkyl halides is 3. The molecule has 0 heterocycles. The van der Waals surface area contributed by atoms with Crippen LogP contribution in [0.4, 0.5) is 13.2 Å². The first-order valence-electron chi connectivity index (χ1n) is 5.76. The fraction of sp³-hybridized carbons (Fsp3) is 0.538.